The van der Waals surface area contributed by atoms with Crippen molar-refractivity contribution in [1.82, 2.24) is 14.9 Å². The van der Waals surface area contributed by atoms with E-state index in [-0.39, 0.29) is 42.5 Å². The summed E-state index contributed by atoms with van der Waals surface area (Å²) in [6.07, 6.45) is 6.62. The molecule has 128 valence electrons. The molecule has 0 unspecified atom stereocenters. The average Bonchev–Trinajstić information content (AvgIpc) is 2.84. The van der Waals surface area contributed by atoms with Crippen LogP contribution in [0.4, 0.5) is 8.78 Å². The highest BCUT2D eigenvalue weighted by Gasteiger charge is 2.19. The highest BCUT2D eigenvalue weighted by Crippen LogP contribution is 2.18. The summed E-state index contributed by atoms with van der Waals surface area (Å²) in [6.45, 7) is 1.33. The summed E-state index contributed by atoms with van der Waals surface area (Å²) in [5.41, 5.74) is 0.593. The molecule has 2 atom stereocenters. The Morgan fingerprint density at radius 3 is 2.87 bits per heavy atom. The maximum atomic E-state index is 13.5. The molecule has 0 radical (unpaired) electrons. The molecule has 0 aliphatic carbocycles. The molecule has 3 rings (SSSR count). The Bertz CT molecular complexity index is 678. The molecule has 23 heavy (non-hydrogen) atoms. The maximum Gasteiger partial charge on any atom is 0.153 e. The quantitative estimate of drug-likeness (QED) is 0.822. The van der Waals surface area contributed by atoms with Crippen molar-refractivity contribution in [2.24, 2.45) is 0 Å². The zero-order valence-corrected chi connectivity index (χ0v) is 13.9. The van der Waals surface area contributed by atoms with Gasteiger partial charge in [-0.05, 0) is 25.5 Å². The van der Waals surface area contributed by atoms with Crippen molar-refractivity contribution in [3.63, 3.8) is 0 Å². The zero-order valence-electron chi connectivity index (χ0n) is 12.3. The van der Waals surface area contributed by atoms with Gasteiger partial charge in [-0.15, -0.1) is 24.8 Å². The van der Waals surface area contributed by atoms with Gasteiger partial charge in [0.2, 0.25) is 0 Å². The first kappa shape index (κ1) is 19.8. The Morgan fingerprint density at radius 2 is 2.13 bits per heavy atom. The highest BCUT2D eigenvalue weighted by molar-refractivity contribution is 5.85. The van der Waals surface area contributed by atoms with Crippen molar-refractivity contribution in [2.45, 2.75) is 31.5 Å². The molecule has 1 aromatic heterocycles. The summed E-state index contributed by atoms with van der Waals surface area (Å²) in [4.78, 5) is 3.96. The van der Waals surface area contributed by atoms with E-state index in [4.69, 9.17) is 0 Å². The molecule has 0 saturated carbocycles. The second-order valence-electron chi connectivity index (χ2n) is 5.27. The number of piperidine rings is 1. The molecule has 2 heterocycles. The Labute approximate surface area is 145 Å². The largest absolute Gasteiger partial charge is 0.391 e. The number of fused-ring (bicyclic) bond motifs is 1. The van der Waals surface area contributed by atoms with Crippen molar-refractivity contribution < 1.29 is 13.9 Å². The number of hydrogen-bond acceptors (Lipinski definition) is 3. The number of imidazole rings is 1. The number of aliphatic hydroxyl groups excluding tert-OH is 1. The number of hydrogen-bond donors (Lipinski definition) is 2. The second kappa shape index (κ2) is 8.59. The third kappa shape index (κ3) is 4.41. The van der Waals surface area contributed by atoms with E-state index in [1.807, 2.05) is 12.2 Å². The third-order valence-electron chi connectivity index (χ3n) is 3.76. The number of benzene rings is 1. The molecule has 8 heteroatoms. The minimum Gasteiger partial charge on any atom is -0.391 e. The summed E-state index contributed by atoms with van der Waals surface area (Å²) in [5, 5.41) is 13.1. The van der Waals surface area contributed by atoms with Crippen molar-refractivity contribution in [1.29, 1.82) is 0 Å². The van der Waals surface area contributed by atoms with Crippen LogP contribution in [-0.4, -0.2) is 33.3 Å². The van der Waals surface area contributed by atoms with Gasteiger partial charge < -0.3 is 15.0 Å². The molecule has 0 spiro atoms. The van der Waals surface area contributed by atoms with Crippen LogP contribution >= 0.6 is 24.8 Å². The van der Waals surface area contributed by atoms with Crippen molar-refractivity contribution in [3.8, 4) is 0 Å². The number of aromatic nitrogens is 2. The second-order valence-corrected chi connectivity index (χ2v) is 5.27. The summed E-state index contributed by atoms with van der Waals surface area (Å²) in [7, 11) is 0. The Kier molecular flexibility index (Phi) is 7.41. The predicted octanol–water partition coefficient (Wildman–Crippen LogP) is 2.83. The van der Waals surface area contributed by atoms with Crippen LogP contribution in [0.3, 0.4) is 0 Å². The first-order chi connectivity index (χ1) is 10.1. The van der Waals surface area contributed by atoms with E-state index in [0.717, 1.165) is 25.5 Å². The van der Waals surface area contributed by atoms with Crippen LogP contribution < -0.4 is 5.32 Å². The lowest BCUT2D eigenvalue weighted by molar-refractivity contribution is 0.115. The minimum atomic E-state index is -0.655. The van der Waals surface area contributed by atoms with Gasteiger partial charge in [-0.2, -0.15) is 0 Å². The third-order valence-corrected chi connectivity index (χ3v) is 3.76. The predicted molar refractivity (Wildman–Crippen MR) is 90.3 cm³/mol. The van der Waals surface area contributed by atoms with E-state index in [1.54, 1.807) is 4.57 Å². The Hall–Kier alpha value is -1.21. The van der Waals surface area contributed by atoms with E-state index >= 15 is 0 Å². The molecule has 1 fully saturated rings. The Balaban J connectivity index is 0.00000132. The lowest BCUT2D eigenvalue weighted by Gasteiger charge is -2.26. The van der Waals surface area contributed by atoms with E-state index in [9.17, 15) is 13.9 Å². The highest BCUT2D eigenvalue weighted by atomic mass is 35.5. The number of nitrogens with zero attached hydrogens (tertiary/aromatic N) is 2. The van der Waals surface area contributed by atoms with Crippen molar-refractivity contribution in [3.05, 3.63) is 42.2 Å². The van der Waals surface area contributed by atoms with Gasteiger partial charge in [0.05, 0.1) is 24.0 Å². The van der Waals surface area contributed by atoms with E-state index in [2.05, 4.69) is 10.3 Å². The molecule has 1 aromatic carbocycles. The SMILES string of the molecule is Cl.Cl.O[C@H]1CCCN[C@@H]1/C=C/Cn1cnc2c(F)cc(F)cc21. The fraction of sp³-hybridized carbons (Fsp3) is 0.400. The topological polar surface area (TPSA) is 50.1 Å². The molecule has 1 aliphatic heterocycles. The van der Waals surface area contributed by atoms with Crippen LogP contribution in [0.25, 0.3) is 11.0 Å². The van der Waals surface area contributed by atoms with Gasteiger partial charge in [-0.1, -0.05) is 12.2 Å². The van der Waals surface area contributed by atoms with Crippen LogP contribution in [0.1, 0.15) is 12.8 Å². The molecule has 0 bridgehead atoms. The number of nitrogens with one attached hydrogen (secondary N) is 1. The summed E-state index contributed by atoms with van der Waals surface area (Å²) in [6, 6.07) is 2.03. The average molecular weight is 366 g/mol. The first-order valence-corrected chi connectivity index (χ1v) is 7.03. The molecule has 2 aromatic rings. The van der Waals surface area contributed by atoms with Crippen LogP contribution in [0.5, 0.6) is 0 Å². The molecule has 0 amide bonds. The molecular weight excluding hydrogens is 347 g/mol. The zero-order chi connectivity index (χ0) is 14.8. The standard InChI is InChI=1S/C15H17F2N3O.2ClH/c16-10-7-11(17)15-13(8-10)20(9-19-15)6-2-3-12-14(21)4-1-5-18-12;;/h2-3,7-9,12,14,18,21H,1,4-6H2;2*1H/b3-2+;;/t12-,14+;;/m1../s1. The van der Waals surface area contributed by atoms with Crippen LogP contribution in [0.15, 0.2) is 30.6 Å². The fourth-order valence-electron chi connectivity index (χ4n) is 2.65. The molecule has 4 nitrogen and oxygen atoms in total. The minimum absolute atomic E-state index is 0. The number of rotatable bonds is 3. The van der Waals surface area contributed by atoms with Gasteiger partial charge in [0.15, 0.2) is 5.82 Å². The fourth-order valence-corrected chi connectivity index (χ4v) is 2.65. The van der Waals surface area contributed by atoms with Gasteiger partial charge >= 0.3 is 0 Å². The number of aliphatic hydroxyl groups is 1. The molecular formula is C15H19Cl2F2N3O. The summed E-state index contributed by atoms with van der Waals surface area (Å²) < 4.78 is 28.5. The van der Waals surface area contributed by atoms with E-state index in [1.165, 1.54) is 12.4 Å². The van der Waals surface area contributed by atoms with Crippen molar-refractivity contribution in [2.75, 3.05) is 6.54 Å². The van der Waals surface area contributed by atoms with Crippen LogP contribution in [-0.2, 0) is 6.54 Å². The summed E-state index contributed by atoms with van der Waals surface area (Å²) in [5.74, 6) is -1.27. The number of halogens is 4. The first-order valence-electron chi connectivity index (χ1n) is 7.03. The normalized spacial score (nSPS) is 21.2. The summed E-state index contributed by atoms with van der Waals surface area (Å²) >= 11 is 0. The van der Waals surface area contributed by atoms with Crippen LogP contribution in [0, 0.1) is 11.6 Å². The molecule has 2 N–H and O–H groups in total. The van der Waals surface area contributed by atoms with E-state index in [0.29, 0.717) is 12.1 Å². The monoisotopic (exact) mass is 365 g/mol. The molecule has 1 aliphatic rings. The lowest BCUT2D eigenvalue weighted by Crippen LogP contribution is -2.43. The van der Waals surface area contributed by atoms with Gasteiger partial charge in [0.1, 0.15) is 11.3 Å². The lowest BCUT2D eigenvalue weighted by atomic mass is 10.0. The van der Waals surface area contributed by atoms with Crippen molar-refractivity contribution >= 4 is 35.8 Å². The smallest absolute Gasteiger partial charge is 0.153 e. The maximum absolute atomic E-state index is 13.5. The van der Waals surface area contributed by atoms with Crippen LogP contribution in [0.2, 0.25) is 0 Å². The van der Waals surface area contributed by atoms with Gasteiger partial charge in [0, 0.05) is 12.6 Å². The van der Waals surface area contributed by atoms with Gasteiger partial charge in [-0.3, -0.25) is 0 Å². The Morgan fingerprint density at radius 1 is 1.35 bits per heavy atom. The number of allylic oxidation sites excluding steroid dienone is 1. The van der Waals surface area contributed by atoms with E-state index < -0.39 is 11.6 Å². The van der Waals surface area contributed by atoms with Gasteiger partial charge in [0.25, 0.3) is 0 Å². The van der Waals surface area contributed by atoms with Gasteiger partial charge in [-0.25, -0.2) is 13.8 Å². The molecule has 1 saturated heterocycles.